The number of piperidine rings is 1. The first-order valence-electron chi connectivity index (χ1n) is 5.55. The fourth-order valence-electron chi connectivity index (χ4n) is 2.28. The topological polar surface area (TPSA) is 29.3 Å². The van der Waals surface area contributed by atoms with Crippen LogP contribution in [0, 0.1) is 5.82 Å². The van der Waals surface area contributed by atoms with Crippen LogP contribution in [0.2, 0.25) is 5.02 Å². The van der Waals surface area contributed by atoms with Gasteiger partial charge >= 0.3 is 0 Å². The van der Waals surface area contributed by atoms with Crippen LogP contribution in [0.5, 0.6) is 0 Å². The van der Waals surface area contributed by atoms with E-state index in [9.17, 15) is 4.39 Å². The molecule has 1 heterocycles. The Bertz CT molecular complexity index is 383. The van der Waals surface area contributed by atoms with E-state index in [4.69, 9.17) is 17.3 Å². The average Bonchev–Trinajstić information content (AvgIpc) is 2.19. The van der Waals surface area contributed by atoms with Crippen molar-refractivity contribution in [1.82, 2.24) is 0 Å². The summed E-state index contributed by atoms with van der Waals surface area (Å²) in [5.41, 5.74) is 6.81. The molecule has 0 aromatic heterocycles. The van der Waals surface area contributed by atoms with Gasteiger partial charge in [-0.3, -0.25) is 0 Å². The van der Waals surface area contributed by atoms with E-state index in [1.165, 1.54) is 12.1 Å². The van der Waals surface area contributed by atoms with Crippen molar-refractivity contribution in [2.75, 3.05) is 11.4 Å². The van der Waals surface area contributed by atoms with E-state index in [2.05, 4.69) is 11.8 Å². The van der Waals surface area contributed by atoms with Crippen molar-refractivity contribution in [3.05, 3.63) is 29.0 Å². The monoisotopic (exact) mass is 242 g/mol. The van der Waals surface area contributed by atoms with Crippen LogP contribution in [0.15, 0.2) is 18.2 Å². The molecule has 1 aromatic carbocycles. The molecule has 16 heavy (non-hydrogen) atoms. The minimum atomic E-state index is -0.296. The lowest BCUT2D eigenvalue weighted by atomic mass is 9.98. The summed E-state index contributed by atoms with van der Waals surface area (Å²) in [6.07, 6.45) is 1.91. The highest BCUT2D eigenvalue weighted by Gasteiger charge is 2.24. The maximum Gasteiger partial charge on any atom is 0.124 e. The molecule has 0 radical (unpaired) electrons. The zero-order valence-electron chi connectivity index (χ0n) is 9.29. The molecule has 0 aliphatic carbocycles. The molecule has 2 N–H and O–H groups in total. The van der Waals surface area contributed by atoms with Crippen LogP contribution < -0.4 is 10.6 Å². The number of hydrogen-bond acceptors (Lipinski definition) is 2. The Balaban J connectivity index is 2.23. The quantitative estimate of drug-likeness (QED) is 0.821. The largest absolute Gasteiger partial charge is 0.368 e. The summed E-state index contributed by atoms with van der Waals surface area (Å²) in [5.74, 6) is -0.296. The summed E-state index contributed by atoms with van der Waals surface area (Å²) in [4.78, 5) is 2.20. The Labute approximate surface area is 100 Å². The summed E-state index contributed by atoms with van der Waals surface area (Å²) in [6, 6.07) is 5.17. The predicted octanol–water partition coefficient (Wildman–Crippen LogP) is 2.80. The lowest BCUT2D eigenvalue weighted by molar-refractivity contribution is 0.429. The van der Waals surface area contributed by atoms with Crippen molar-refractivity contribution in [3.8, 4) is 0 Å². The molecule has 2 atom stereocenters. The average molecular weight is 243 g/mol. The third kappa shape index (κ3) is 2.30. The number of nitrogens with zero attached hydrogens (tertiary/aromatic N) is 1. The first-order chi connectivity index (χ1) is 7.58. The number of rotatable bonds is 1. The first-order valence-corrected chi connectivity index (χ1v) is 5.93. The van der Waals surface area contributed by atoms with Crippen molar-refractivity contribution in [3.63, 3.8) is 0 Å². The number of hydrogen-bond donors (Lipinski definition) is 1. The second-order valence-corrected chi connectivity index (χ2v) is 4.83. The number of halogens is 2. The second kappa shape index (κ2) is 4.60. The molecule has 1 aliphatic rings. The molecule has 88 valence electrons. The van der Waals surface area contributed by atoms with Gasteiger partial charge in [0.2, 0.25) is 0 Å². The van der Waals surface area contributed by atoms with Gasteiger partial charge in [-0.25, -0.2) is 4.39 Å². The van der Waals surface area contributed by atoms with Gasteiger partial charge in [0.15, 0.2) is 0 Å². The van der Waals surface area contributed by atoms with Gasteiger partial charge < -0.3 is 10.6 Å². The SMILES string of the molecule is CC1CC(N)CCN1c1ccc(F)cc1Cl. The molecule has 1 fully saturated rings. The van der Waals surface area contributed by atoms with Crippen molar-refractivity contribution >= 4 is 17.3 Å². The molecule has 1 aliphatic heterocycles. The molecule has 4 heteroatoms. The predicted molar refractivity (Wildman–Crippen MR) is 65.4 cm³/mol. The van der Waals surface area contributed by atoms with Crippen LogP contribution in [0.1, 0.15) is 19.8 Å². The van der Waals surface area contributed by atoms with Gasteiger partial charge in [0.25, 0.3) is 0 Å². The molecule has 0 spiro atoms. The Morgan fingerprint density at radius 3 is 2.88 bits per heavy atom. The van der Waals surface area contributed by atoms with Crippen LogP contribution in [0.3, 0.4) is 0 Å². The van der Waals surface area contributed by atoms with Gasteiger partial charge in [-0.05, 0) is 38.0 Å². The lowest BCUT2D eigenvalue weighted by Crippen LogP contribution is -2.45. The maximum absolute atomic E-state index is 13.0. The van der Waals surface area contributed by atoms with Crippen LogP contribution in [-0.2, 0) is 0 Å². The van der Waals surface area contributed by atoms with Gasteiger partial charge in [0.05, 0.1) is 10.7 Å². The first kappa shape index (κ1) is 11.7. The standard InChI is InChI=1S/C12H16ClFN2/c1-8-6-10(15)4-5-16(8)12-3-2-9(14)7-11(12)13/h2-3,7-8,10H,4-6,15H2,1H3. The number of nitrogens with two attached hydrogens (primary N) is 1. The molecule has 0 amide bonds. The van der Waals surface area contributed by atoms with Crippen LogP contribution in [0.4, 0.5) is 10.1 Å². The van der Waals surface area contributed by atoms with Crippen molar-refractivity contribution < 1.29 is 4.39 Å². The van der Waals surface area contributed by atoms with Crippen molar-refractivity contribution in [1.29, 1.82) is 0 Å². The molecule has 0 saturated carbocycles. The van der Waals surface area contributed by atoms with Gasteiger partial charge in [-0.15, -0.1) is 0 Å². The normalized spacial score (nSPS) is 25.9. The third-order valence-electron chi connectivity index (χ3n) is 3.14. The Kier molecular flexibility index (Phi) is 3.36. The summed E-state index contributed by atoms with van der Waals surface area (Å²) in [7, 11) is 0. The van der Waals surface area contributed by atoms with E-state index < -0.39 is 0 Å². The minimum absolute atomic E-state index is 0.269. The van der Waals surface area contributed by atoms with E-state index in [1.807, 2.05) is 0 Å². The summed E-state index contributed by atoms with van der Waals surface area (Å²) >= 11 is 6.05. The molecule has 2 rings (SSSR count). The highest BCUT2D eigenvalue weighted by Crippen LogP contribution is 2.31. The zero-order valence-corrected chi connectivity index (χ0v) is 10.0. The minimum Gasteiger partial charge on any atom is -0.368 e. The van der Waals surface area contributed by atoms with E-state index in [0.29, 0.717) is 11.1 Å². The number of benzene rings is 1. The van der Waals surface area contributed by atoms with E-state index >= 15 is 0 Å². The van der Waals surface area contributed by atoms with E-state index in [0.717, 1.165) is 25.1 Å². The van der Waals surface area contributed by atoms with Crippen LogP contribution in [0.25, 0.3) is 0 Å². The third-order valence-corrected chi connectivity index (χ3v) is 3.44. The zero-order chi connectivity index (χ0) is 11.7. The Morgan fingerprint density at radius 1 is 1.50 bits per heavy atom. The highest BCUT2D eigenvalue weighted by molar-refractivity contribution is 6.33. The van der Waals surface area contributed by atoms with Gasteiger partial charge in [-0.2, -0.15) is 0 Å². The number of anilines is 1. The van der Waals surface area contributed by atoms with Gasteiger partial charge in [0.1, 0.15) is 5.82 Å². The molecular weight excluding hydrogens is 227 g/mol. The summed E-state index contributed by atoms with van der Waals surface area (Å²) < 4.78 is 13.0. The van der Waals surface area contributed by atoms with Crippen LogP contribution >= 0.6 is 11.6 Å². The van der Waals surface area contributed by atoms with Gasteiger partial charge in [0, 0.05) is 18.6 Å². The molecule has 0 bridgehead atoms. The smallest absolute Gasteiger partial charge is 0.124 e. The second-order valence-electron chi connectivity index (χ2n) is 4.42. The maximum atomic E-state index is 13.0. The van der Waals surface area contributed by atoms with E-state index in [-0.39, 0.29) is 11.9 Å². The molecular formula is C12H16ClFN2. The summed E-state index contributed by atoms with van der Waals surface area (Å²) in [6.45, 7) is 3.01. The molecule has 2 nitrogen and oxygen atoms in total. The summed E-state index contributed by atoms with van der Waals surface area (Å²) in [5, 5.41) is 0.474. The van der Waals surface area contributed by atoms with Crippen molar-refractivity contribution in [2.45, 2.75) is 31.8 Å². The van der Waals surface area contributed by atoms with Crippen molar-refractivity contribution in [2.24, 2.45) is 5.73 Å². The Morgan fingerprint density at radius 2 is 2.25 bits per heavy atom. The molecule has 1 saturated heterocycles. The highest BCUT2D eigenvalue weighted by atomic mass is 35.5. The lowest BCUT2D eigenvalue weighted by Gasteiger charge is -2.38. The van der Waals surface area contributed by atoms with Crippen LogP contribution in [-0.4, -0.2) is 18.6 Å². The molecule has 1 aromatic rings. The van der Waals surface area contributed by atoms with Gasteiger partial charge in [-0.1, -0.05) is 11.6 Å². The fraction of sp³-hybridized carbons (Fsp3) is 0.500. The molecule has 2 unspecified atom stereocenters. The van der Waals surface area contributed by atoms with E-state index in [1.54, 1.807) is 6.07 Å². The fourth-order valence-corrected chi connectivity index (χ4v) is 2.56. The Hall–Kier alpha value is -0.800.